The Bertz CT molecular complexity index is 421. The van der Waals surface area contributed by atoms with Gasteiger partial charge >= 0.3 is 0 Å². The molecule has 1 saturated heterocycles. The van der Waals surface area contributed by atoms with Gasteiger partial charge in [-0.15, -0.1) is 23.2 Å². The number of alkyl halides is 2. The number of likely N-dealkylation sites (tertiary alicyclic amines) is 1. The molecule has 1 aliphatic heterocycles. The summed E-state index contributed by atoms with van der Waals surface area (Å²) in [6.07, 6.45) is 0.935. The lowest BCUT2D eigenvalue weighted by molar-refractivity contribution is -0.143. The predicted molar refractivity (Wildman–Crippen MR) is 93.3 cm³/mol. The summed E-state index contributed by atoms with van der Waals surface area (Å²) in [4.78, 5) is 13.5. The van der Waals surface area contributed by atoms with Crippen LogP contribution in [0.1, 0.15) is 25.7 Å². The largest absolute Gasteiger partial charge is 0.393 e. The molecule has 2 fully saturated rings. The van der Waals surface area contributed by atoms with E-state index in [2.05, 4.69) is 5.32 Å². The van der Waals surface area contributed by atoms with Crippen LogP contribution in [-0.2, 0) is 4.79 Å². The zero-order chi connectivity index (χ0) is 17.9. The third kappa shape index (κ3) is 4.54. The maximum absolute atomic E-state index is 11.9. The first-order chi connectivity index (χ1) is 11.4. The Hall–Kier alpha value is -0.110. The van der Waals surface area contributed by atoms with Crippen LogP contribution in [0.3, 0.4) is 0 Å². The van der Waals surface area contributed by atoms with E-state index < -0.39 is 24.7 Å². The van der Waals surface area contributed by atoms with E-state index in [1.807, 2.05) is 7.05 Å². The average molecular weight is 383 g/mol. The Morgan fingerprint density at radius 1 is 1.25 bits per heavy atom. The van der Waals surface area contributed by atoms with Gasteiger partial charge in [-0.2, -0.15) is 0 Å². The van der Waals surface area contributed by atoms with Gasteiger partial charge in [-0.1, -0.05) is 0 Å². The summed E-state index contributed by atoms with van der Waals surface area (Å²) < 4.78 is 0. The highest BCUT2D eigenvalue weighted by molar-refractivity contribution is 6.30. The molecule has 0 aromatic heterocycles. The van der Waals surface area contributed by atoms with Gasteiger partial charge in [-0.25, -0.2) is 0 Å². The highest BCUT2D eigenvalue weighted by Crippen LogP contribution is 2.37. The second-order valence-electron chi connectivity index (χ2n) is 6.91. The van der Waals surface area contributed by atoms with Crippen LogP contribution in [0.5, 0.6) is 0 Å². The first-order valence-corrected chi connectivity index (χ1v) is 9.47. The highest BCUT2D eigenvalue weighted by Gasteiger charge is 2.41. The van der Waals surface area contributed by atoms with Gasteiger partial charge in [-0.05, 0) is 38.6 Å². The van der Waals surface area contributed by atoms with Crippen molar-refractivity contribution in [2.75, 3.05) is 26.7 Å². The molecule has 1 saturated carbocycles. The van der Waals surface area contributed by atoms with Crippen LogP contribution in [0, 0.1) is 11.8 Å². The van der Waals surface area contributed by atoms with Crippen molar-refractivity contribution in [3.05, 3.63) is 0 Å². The quantitative estimate of drug-likeness (QED) is 0.508. The fourth-order valence-corrected chi connectivity index (χ4v) is 4.67. The van der Waals surface area contributed by atoms with Crippen molar-refractivity contribution in [3.8, 4) is 0 Å². The molecule has 0 radical (unpaired) electrons. The van der Waals surface area contributed by atoms with Crippen LogP contribution in [0.25, 0.3) is 0 Å². The van der Waals surface area contributed by atoms with E-state index in [0.717, 1.165) is 12.8 Å². The standard InChI is InChI=1S/C16H28Cl2N2O4/c1-19-15(10-6-11(17)12(18)7-13(10)22)9-2-4-20(5-3-9)16(24)14(23)8-21/h9-15,19,21-23H,2-8H2,1H3. The van der Waals surface area contributed by atoms with Crippen LogP contribution >= 0.6 is 23.2 Å². The van der Waals surface area contributed by atoms with Crippen molar-refractivity contribution >= 4 is 29.1 Å². The van der Waals surface area contributed by atoms with Crippen molar-refractivity contribution in [2.24, 2.45) is 11.8 Å². The fourth-order valence-electron chi connectivity index (χ4n) is 4.07. The minimum absolute atomic E-state index is 0.0442. The number of halogens is 2. The molecule has 6 nitrogen and oxygen atoms in total. The van der Waals surface area contributed by atoms with Gasteiger partial charge in [0.15, 0.2) is 6.10 Å². The van der Waals surface area contributed by atoms with Gasteiger partial charge in [0.25, 0.3) is 5.91 Å². The Labute approximate surface area is 153 Å². The third-order valence-electron chi connectivity index (χ3n) is 5.46. The van der Waals surface area contributed by atoms with Crippen molar-refractivity contribution in [1.29, 1.82) is 0 Å². The van der Waals surface area contributed by atoms with E-state index in [-0.39, 0.29) is 22.7 Å². The number of piperidine rings is 1. The topological polar surface area (TPSA) is 93.0 Å². The number of rotatable bonds is 5. The molecule has 1 amide bonds. The van der Waals surface area contributed by atoms with Crippen LogP contribution in [0.15, 0.2) is 0 Å². The van der Waals surface area contributed by atoms with Gasteiger partial charge in [0.2, 0.25) is 0 Å². The molecule has 2 rings (SSSR count). The molecule has 24 heavy (non-hydrogen) atoms. The molecule has 2 aliphatic rings. The van der Waals surface area contributed by atoms with Crippen LogP contribution in [-0.4, -0.2) is 81.9 Å². The summed E-state index contributed by atoms with van der Waals surface area (Å²) in [5.74, 6) is -0.0519. The summed E-state index contributed by atoms with van der Waals surface area (Å²) in [6.45, 7) is 0.539. The number of carbonyl (C=O) groups excluding carboxylic acids is 1. The number of hydrogen-bond donors (Lipinski definition) is 4. The summed E-state index contributed by atoms with van der Waals surface area (Å²) >= 11 is 12.5. The second-order valence-corrected chi connectivity index (χ2v) is 8.03. The van der Waals surface area contributed by atoms with E-state index in [1.54, 1.807) is 4.90 Å². The molecular formula is C16H28Cl2N2O4. The molecule has 0 bridgehead atoms. The summed E-state index contributed by atoms with van der Waals surface area (Å²) in [7, 11) is 1.89. The van der Waals surface area contributed by atoms with E-state index >= 15 is 0 Å². The Morgan fingerprint density at radius 2 is 1.83 bits per heavy atom. The van der Waals surface area contributed by atoms with E-state index in [1.165, 1.54) is 0 Å². The lowest BCUT2D eigenvalue weighted by Gasteiger charge is -2.44. The lowest BCUT2D eigenvalue weighted by atomic mass is 9.74. The molecule has 8 heteroatoms. The minimum atomic E-state index is -1.33. The number of nitrogens with one attached hydrogen (secondary N) is 1. The van der Waals surface area contributed by atoms with E-state index in [0.29, 0.717) is 31.8 Å². The number of carbonyl (C=O) groups is 1. The summed E-state index contributed by atoms with van der Waals surface area (Å²) in [5.41, 5.74) is 0. The highest BCUT2D eigenvalue weighted by atomic mass is 35.5. The normalized spacial score (nSPS) is 34.8. The first kappa shape index (κ1) is 20.2. The average Bonchev–Trinajstić information content (AvgIpc) is 2.59. The SMILES string of the molecule is CNC(C1CCN(C(=O)C(O)CO)CC1)C1CC(Cl)C(Cl)CC1O. The number of aliphatic hydroxyl groups is 3. The van der Waals surface area contributed by atoms with E-state index in [9.17, 15) is 15.0 Å². The number of nitrogens with zero attached hydrogens (tertiary/aromatic N) is 1. The Balaban J connectivity index is 1.94. The van der Waals surface area contributed by atoms with Crippen molar-refractivity contribution in [2.45, 2.75) is 54.7 Å². The Morgan fingerprint density at radius 3 is 2.38 bits per heavy atom. The molecule has 1 aliphatic carbocycles. The van der Waals surface area contributed by atoms with Crippen LogP contribution in [0.2, 0.25) is 0 Å². The summed E-state index contributed by atoms with van der Waals surface area (Å²) in [5, 5.41) is 31.8. The third-order valence-corrected chi connectivity index (χ3v) is 6.56. The van der Waals surface area contributed by atoms with Crippen LogP contribution < -0.4 is 5.32 Å². The Kier molecular flexibility index (Phi) is 7.59. The maximum atomic E-state index is 11.9. The molecule has 0 spiro atoms. The van der Waals surface area contributed by atoms with Gasteiger partial charge in [0, 0.05) is 25.0 Å². The number of hydrogen-bond acceptors (Lipinski definition) is 5. The molecule has 140 valence electrons. The summed E-state index contributed by atoms with van der Waals surface area (Å²) in [6, 6.07) is 0.116. The van der Waals surface area contributed by atoms with Crippen molar-refractivity contribution in [3.63, 3.8) is 0 Å². The molecule has 6 atom stereocenters. The van der Waals surface area contributed by atoms with Gasteiger partial charge in [-0.3, -0.25) is 4.79 Å². The molecule has 0 aromatic carbocycles. The van der Waals surface area contributed by atoms with Gasteiger partial charge < -0.3 is 25.5 Å². The lowest BCUT2D eigenvalue weighted by Crippen LogP contribution is -2.53. The minimum Gasteiger partial charge on any atom is -0.393 e. The van der Waals surface area contributed by atoms with Crippen molar-refractivity contribution < 1.29 is 20.1 Å². The molecule has 4 N–H and O–H groups in total. The number of aliphatic hydroxyl groups excluding tert-OH is 3. The smallest absolute Gasteiger partial charge is 0.253 e. The van der Waals surface area contributed by atoms with Gasteiger partial charge in [0.05, 0.1) is 23.5 Å². The monoisotopic (exact) mass is 382 g/mol. The molecule has 1 heterocycles. The van der Waals surface area contributed by atoms with E-state index in [4.69, 9.17) is 28.3 Å². The number of amides is 1. The predicted octanol–water partition coefficient (Wildman–Crippen LogP) is 0.152. The zero-order valence-corrected chi connectivity index (χ0v) is 15.5. The van der Waals surface area contributed by atoms with Crippen molar-refractivity contribution in [1.82, 2.24) is 10.2 Å². The molecule has 6 unspecified atom stereocenters. The second kappa shape index (κ2) is 9.01. The molecule has 0 aromatic rings. The zero-order valence-electron chi connectivity index (χ0n) is 13.9. The fraction of sp³-hybridized carbons (Fsp3) is 0.938. The molecular weight excluding hydrogens is 355 g/mol. The van der Waals surface area contributed by atoms with Gasteiger partial charge in [0.1, 0.15) is 0 Å². The first-order valence-electron chi connectivity index (χ1n) is 8.60. The van der Waals surface area contributed by atoms with Crippen LogP contribution in [0.4, 0.5) is 0 Å². The maximum Gasteiger partial charge on any atom is 0.253 e.